The Kier molecular flexibility index (Phi) is 9.23. The van der Waals surface area contributed by atoms with Gasteiger partial charge in [-0.1, -0.05) is 0 Å². The number of aromatic amines is 2. The number of rotatable bonds is 8. The van der Waals surface area contributed by atoms with Gasteiger partial charge in [0.1, 0.15) is 6.42 Å². The second kappa shape index (κ2) is 11.2. The first kappa shape index (κ1) is 21.5. The highest BCUT2D eigenvalue weighted by Gasteiger charge is 2.08. The zero-order valence-electron chi connectivity index (χ0n) is 13.8. The van der Waals surface area contributed by atoms with Gasteiger partial charge in [-0.3, -0.25) is 9.59 Å². The normalized spacial score (nSPS) is 10.6. The fourth-order valence-electron chi connectivity index (χ4n) is 1.79. The number of nitrogens with zero attached hydrogens (tertiary/aromatic N) is 2. The van der Waals surface area contributed by atoms with E-state index >= 15 is 0 Å². The van der Waals surface area contributed by atoms with E-state index in [1.54, 1.807) is 25.0 Å². The van der Waals surface area contributed by atoms with E-state index in [1.807, 2.05) is 0 Å². The third-order valence-electron chi connectivity index (χ3n) is 2.86. The predicted octanol–water partition coefficient (Wildman–Crippen LogP) is -1.39. The van der Waals surface area contributed by atoms with Gasteiger partial charge in [-0.25, -0.2) is 14.5 Å². The molecule has 0 bridgehead atoms. The van der Waals surface area contributed by atoms with Crippen LogP contribution in [0.3, 0.4) is 0 Å². The topological polar surface area (TPSA) is 193 Å². The summed E-state index contributed by atoms with van der Waals surface area (Å²) >= 11 is 0. The zero-order valence-corrected chi connectivity index (χ0v) is 14.6. The summed E-state index contributed by atoms with van der Waals surface area (Å²) in [7, 11) is -4.64. The molecule has 13 heteroatoms. The minimum Gasteiger partial charge on any atom is -0.355 e. The van der Waals surface area contributed by atoms with Crippen LogP contribution in [-0.2, 0) is 27.0 Å². The molecule has 0 aliphatic rings. The summed E-state index contributed by atoms with van der Waals surface area (Å²) < 4.78 is 8.88. The summed E-state index contributed by atoms with van der Waals surface area (Å²) in [5.41, 5.74) is 1.89. The van der Waals surface area contributed by atoms with Gasteiger partial charge >= 0.3 is 7.82 Å². The number of carbonyl (C=O) groups is 2. The van der Waals surface area contributed by atoms with E-state index in [-0.39, 0.29) is 18.2 Å². The van der Waals surface area contributed by atoms with E-state index in [4.69, 9.17) is 19.2 Å². The van der Waals surface area contributed by atoms with Crippen molar-refractivity contribution in [2.24, 2.45) is 0 Å². The fraction of sp³-hybridized carbons (Fsp3) is 0.385. The molecule has 2 heterocycles. The number of H-pyrrole nitrogens is 2. The van der Waals surface area contributed by atoms with Crippen molar-refractivity contribution >= 4 is 19.6 Å². The third-order valence-corrected chi connectivity index (χ3v) is 2.86. The highest BCUT2D eigenvalue weighted by atomic mass is 31.2. The lowest BCUT2D eigenvalue weighted by Gasteiger charge is -2.05. The minimum absolute atomic E-state index is 0.161. The third kappa shape index (κ3) is 11.9. The summed E-state index contributed by atoms with van der Waals surface area (Å²) in [6.45, 7) is 0.949. The Labute approximate surface area is 148 Å². The van der Waals surface area contributed by atoms with Gasteiger partial charge in [-0.05, 0) is 0 Å². The molecule has 0 radical (unpaired) electrons. The quantitative estimate of drug-likeness (QED) is 0.212. The molecule has 144 valence electrons. The molecule has 2 aromatic heterocycles. The van der Waals surface area contributed by atoms with Gasteiger partial charge in [-0.15, -0.1) is 0 Å². The number of amides is 2. The Bertz CT molecular complexity index is 640. The second-order valence-corrected chi connectivity index (χ2v) is 6.07. The average molecular weight is 388 g/mol. The molecule has 12 nitrogen and oxygen atoms in total. The molecule has 0 fully saturated rings. The number of nitrogens with one attached hydrogen (secondary N) is 4. The van der Waals surface area contributed by atoms with Crippen LogP contribution in [0.4, 0.5) is 0 Å². The Morgan fingerprint density at radius 3 is 1.62 bits per heavy atom. The number of carbonyl (C=O) groups excluding carboxylic acids is 2. The van der Waals surface area contributed by atoms with Gasteiger partial charge in [0.2, 0.25) is 11.8 Å². The number of phosphoric acid groups is 1. The van der Waals surface area contributed by atoms with Crippen LogP contribution in [-0.4, -0.2) is 59.5 Å². The molecule has 0 aliphatic heterocycles. The van der Waals surface area contributed by atoms with Crippen molar-refractivity contribution in [3.63, 3.8) is 0 Å². The second-order valence-electron chi connectivity index (χ2n) is 5.04. The maximum atomic E-state index is 11.6. The monoisotopic (exact) mass is 388 g/mol. The highest BCUT2D eigenvalue weighted by molar-refractivity contribution is 7.45. The largest absolute Gasteiger partial charge is 0.466 e. The number of aromatic nitrogens is 4. The molecular formula is C13H21N6O6P. The summed E-state index contributed by atoms with van der Waals surface area (Å²) in [6.07, 6.45) is 7.74. The molecule has 0 saturated carbocycles. The molecule has 0 aromatic carbocycles. The molecule has 26 heavy (non-hydrogen) atoms. The first-order chi connectivity index (χ1) is 12.2. The Morgan fingerprint density at radius 2 is 1.31 bits per heavy atom. The Morgan fingerprint density at radius 1 is 0.923 bits per heavy atom. The molecule has 2 aromatic rings. The highest BCUT2D eigenvalue weighted by Crippen LogP contribution is 2.25. The molecule has 2 amide bonds. The van der Waals surface area contributed by atoms with Gasteiger partial charge in [-0.2, -0.15) is 0 Å². The van der Waals surface area contributed by atoms with Crippen LogP contribution in [0, 0.1) is 0 Å². The van der Waals surface area contributed by atoms with Gasteiger partial charge in [0, 0.05) is 49.7 Å². The van der Waals surface area contributed by atoms with Gasteiger partial charge < -0.3 is 35.3 Å². The minimum atomic E-state index is -4.64. The predicted molar refractivity (Wildman–Crippen MR) is 89.5 cm³/mol. The molecule has 0 saturated heterocycles. The maximum absolute atomic E-state index is 11.6. The van der Waals surface area contributed by atoms with Crippen LogP contribution >= 0.6 is 7.82 Å². The smallest absolute Gasteiger partial charge is 0.355 e. The van der Waals surface area contributed by atoms with Crippen molar-refractivity contribution in [1.82, 2.24) is 30.6 Å². The summed E-state index contributed by atoms with van der Waals surface area (Å²) in [4.78, 5) is 58.3. The van der Waals surface area contributed by atoms with Gasteiger partial charge in [0.05, 0.1) is 12.7 Å². The van der Waals surface area contributed by atoms with Crippen molar-refractivity contribution in [2.75, 3.05) is 13.1 Å². The first-order valence-electron chi connectivity index (χ1n) is 7.50. The van der Waals surface area contributed by atoms with Crippen LogP contribution < -0.4 is 10.6 Å². The molecule has 0 atom stereocenters. The van der Waals surface area contributed by atoms with Crippen LogP contribution in [0.15, 0.2) is 25.0 Å². The standard InChI is InChI=1S/C13H18N6O2.H3O4P/c20-12(16-3-1-10-6-14-8-18-10)5-13(21)17-4-2-11-7-15-9-19-11;1-5(2,3)4/h6-9H,1-5H2,(H,14,18)(H,15,19)(H,16,20)(H,17,21);(H3,1,2,3,4). The molecule has 0 unspecified atom stereocenters. The average Bonchev–Trinajstić information content (AvgIpc) is 3.18. The van der Waals surface area contributed by atoms with Crippen LogP contribution in [0.25, 0.3) is 0 Å². The summed E-state index contributed by atoms with van der Waals surface area (Å²) in [6, 6.07) is 0. The van der Waals surface area contributed by atoms with Crippen LogP contribution in [0.5, 0.6) is 0 Å². The van der Waals surface area contributed by atoms with Crippen LogP contribution in [0.2, 0.25) is 0 Å². The molecule has 2 rings (SSSR count). The van der Waals surface area contributed by atoms with Crippen molar-refractivity contribution in [2.45, 2.75) is 19.3 Å². The molecule has 0 spiro atoms. The number of imidazole rings is 2. The van der Waals surface area contributed by atoms with Gasteiger partial charge in [0.25, 0.3) is 0 Å². The Balaban J connectivity index is 0.000000597. The summed E-state index contributed by atoms with van der Waals surface area (Å²) in [5, 5.41) is 5.38. The van der Waals surface area contributed by atoms with E-state index in [0.29, 0.717) is 25.9 Å². The molecule has 7 N–H and O–H groups in total. The fourth-order valence-corrected chi connectivity index (χ4v) is 1.79. The zero-order chi connectivity index (χ0) is 19.4. The van der Waals surface area contributed by atoms with Crippen molar-refractivity contribution in [3.8, 4) is 0 Å². The molecule has 0 aliphatic carbocycles. The Hall–Kier alpha value is -2.53. The van der Waals surface area contributed by atoms with E-state index in [0.717, 1.165) is 11.4 Å². The summed E-state index contributed by atoms with van der Waals surface area (Å²) in [5.74, 6) is -0.567. The van der Waals surface area contributed by atoms with E-state index in [2.05, 4.69) is 30.6 Å². The SMILES string of the molecule is O=C(CC(=O)NCCc1cnc[nH]1)NCCc1cnc[nH]1.O=P(O)(O)O. The van der Waals surface area contributed by atoms with E-state index < -0.39 is 7.82 Å². The lowest BCUT2D eigenvalue weighted by molar-refractivity contribution is -0.129. The number of hydrogen-bond donors (Lipinski definition) is 7. The lowest BCUT2D eigenvalue weighted by atomic mass is 10.3. The van der Waals surface area contributed by atoms with Crippen molar-refractivity contribution < 1.29 is 28.8 Å². The lowest BCUT2D eigenvalue weighted by Crippen LogP contribution is -2.33. The molecular weight excluding hydrogens is 367 g/mol. The van der Waals surface area contributed by atoms with Gasteiger partial charge in [0.15, 0.2) is 0 Å². The van der Waals surface area contributed by atoms with E-state index in [9.17, 15) is 9.59 Å². The van der Waals surface area contributed by atoms with Crippen molar-refractivity contribution in [3.05, 3.63) is 36.4 Å². The van der Waals surface area contributed by atoms with E-state index in [1.165, 1.54) is 0 Å². The first-order valence-corrected chi connectivity index (χ1v) is 9.06. The number of hydrogen-bond acceptors (Lipinski definition) is 5. The van der Waals surface area contributed by atoms with Crippen molar-refractivity contribution in [1.29, 1.82) is 0 Å². The maximum Gasteiger partial charge on any atom is 0.466 e. The van der Waals surface area contributed by atoms with Crippen LogP contribution in [0.1, 0.15) is 17.8 Å².